The summed E-state index contributed by atoms with van der Waals surface area (Å²) < 4.78 is 138. The third-order valence-corrected chi connectivity index (χ3v) is 11.1. The highest BCUT2D eigenvalue weighted by Crippen LogP contribution is 2.56. The zero-order valence-electron chi connectivity index (χ0n) is 22.3. The van der Waals surface area contributed by atoms with E-state index in [0.717, 1.165) is 30.3 Å². The summed E-state index contributed by atoms with van der Waals surface area (Å²) in [4.78, 5) is 18.7. The molecule has 1 aliphatic carbocycles. The molecule has 2 aromatic carbocycles. The number of hydrogen-bond donors (Lipinski definition) is 0. The standard InChI is InChI=1S/C29H21F8N3O3S/c30-20-4-7-22(8-5-20)44(42,43)26-11-12-40(25(41)18-1-6-21-14-38-16-39(21)15-18)24(26)10-2-17-13-19(3-9-23(17)26)27(31,28(32,33)34)29(35,36)37/h1,3-9,13-16,24H,2,10-12H2/t24-,26-/m1/s1. The van der Waals surface area contributed by atoms with Gasteiger partial charge in [0.25, 0.3) is 5.91 Å². The summed E-state index contributed by atoms with van der Waals surface area (Å²) >= 11 is 0. The highest BCUT2D eigenvalue weighted by atomic mass is 32.2. The Morgan fingerprint density at radius 3 is 2.27 bits per heavy atom. The number of carbonyl (C=O) groups excluding carboxylic acids is 1. The summed E-state index contributed by atoms with van der Waals surface area (Å²) in [5.41, 5.74) is -6.95. The van der Waals surface area contributed by atoms with Crippen LogP contribution in [0.15, 0.2) is 78.2 Å². The van der Waals surface area contributed by atoms with Crippen LogP contribution >= 0.6 is 0 Å². The number of pyridine rings is 1. The number of carbonyl (C=O) groups is 1. The summed E-state index contributed by atoms with van der Waals surface area (Å²) in [7, 11) is -4.58. The maximum absolute atomic E-state index is 15.0. The highest BCUT2D eigenvalue weighted by molar-refractivity contribution is 7.92. The fourth-order valence-electron chi connectivity index (χ4n) is 6.51. The number of alkyl halides is 7. The van der Waals surface area contributed by atoms with Crippen LogP contribution < -0.4 is 0 Å². The zero-order valence-corrected chi connectivity index (χ0v) is 23.1. The first-order valence-corrected chi connectivity index (χ1v) is 14.7. The maximum Gasteiger partial charge on any atom is 0.435 e. The largest absolute Gasteiger partial charge is 0.435 e. The summed E-state index contributed by atoms with van der Waals surface area (Å²) in [5, 5.41) is 0. The van der Waals surface area contributed by atoms with E-state index in [0.29, 0.717) is 17.6 Å². The van der Waals surface area contributed by atoms with Crippen molar-refractivity contribution < 1.29 is 48.3 Å². The molecule has 232 valence electrons. The van der Waals surface area contributed by atoms with Crippen LogP contribution in [-0.2, 0) is 26.7 Å². The SMILES string of the molecule is O=C(c1ccc2cncn2c1)N1CC[C@@]2(S(=O)(=O)c3ccc(F)cc3)c3ccc(C(F)(C(F)(F)F)C(F)(F)F)cc3CC[C@@H]12. The molecule has 1 fully saturated rings. The number of fused-ring (bicyclic) bond motifs is 4. The lowest BCUT2D eigenvalue weighted by Gasteiger charge is -2.43. The van der Waals surface area contributed by atoms with Crippen molar-refractivity contribution in [2.45, 2.75) is 53.0 Å². The molecule has 1 amide bonds. The van der Waals surface area contributed by atoms with Gasteiger partial charge in [-0.15, -0.1) is 0 Å². The molecule has 15 heteroatoms. The van der Waals surface area contributed by atoms with Crippen molar-refractivity contribution in [3.8, 4) is 0 Å². The lowest BCUT2D eigenvalue weighted by atomic mass is 9.76. The normalized spacial score (nSPS) is 20.9. The van der Waals surface area contributed by atoms with Crippen LogP contribution in [0.5, 0.6) is 0 Å². The number of rotatable bonds is 4. The molecule has 0 N–H and O–H groups in total. The number of imidazole rings is 1. The monoisotopic (exact) mass is 643 g/mol. The zero-order chi connectivity index (χ0) is 31.9. The Kier molecular flexibility index (Phi) is 6.65. The number of benzene rings is 2. The molecular weight excluding hydrogens is 622 g/mol. The number of aromatic nitrogens is 2. The molecule has 2 atom stereocenters. The second kappa shape index (κ2) is 9.74. The second-order valence-corrected chi connectivity index (χ2v) is 13.0. The summed E-state index contributed by atoms with van der Waals surface area (Å²) in [5.74, 6) is -1.30. The van der Waals surface area contributed by atoms with Crippen LogP contribution in [0.3, 0.4) is 0 Å². The van der Waals surface area contributed by atoms with Crippen molar-refractivity contribution in [2.24, 2.45) is 0 Å². The quantitative estimate of drug-likeness (QED) is 0.194. The molecule has 0 saturated carbocycles. The fourth-order valence-corrected chi connectivity index (χ4v) is 8.88. The van der Waals surface area contributed by atoms with Crippen molar-refractivity contribution >= 4 is 21.3 Å². The average molecular weight is 644 g/mol. The van der Waals surface area contributed by atoms with E-state index in [4.69, 9.17) is 0 Å². The predicted octanol–water partition coefficient (Wildman–Crippen LogP) is 6.29. The Hall–Kier alpha value is -4.01. The molecule has 0 spiro atoms. The first kappa shape index (κ1) is 30.0. The molecule has 2 aliphatic rings. The molecule has 6 rings (SSSR count). The minimum Gasteiger partial charge on any atom is -0.334 e. The smallest absolute Gasteiger partial charge is 0.334 e. The van der Waals surface area contributed by atoms with Gasteiger partial charge >= 0.3 is 18.0 Å². The van der Waals surface area contributed by atoms with Gasteiger partial charge in [-0.1, -0.05) is 18.2 Å². The van der Waals surface area contributed by atoms with Gasteiger partial charge in [0.1, 0.15) is 10.6 Å². The molecule has 1 saturated heterocycles. The van der Waals surface area contributed by atoms with E-state index < -0.39 is 55.9 Å². The number of halogens is 8. The van der Waals surface area contributed by atoms with Gasteiger partial charge in [0.2, 0.25) is 0 Å². The molecule has 0 radical (unpaired) electrons. The van der Waals surface area contributed by atoms with E-state index in [1.54, 1.807) is 16.7 Å². The molecule has 0 unspecified atom stereocenters. The van der Waals surface area contributed by atoms with Crippen LogP contribution in [0.1, 0.15) is 39.9 Å². The maximum atomic E-state index is 15.0. The van der Waals surface area contributed by atoms with Crippen LogP contribution in [0.2, 0.25) is 0 Å². The molecule has 1 aliphatic heterocycles. The number of likely N-dealkylation sites (tertiary alicyclic amines) is 1. The first-order chi connectivity index (χ1) is 20.5. The minimum atomic E-state index is -6.36. The third-order valence-electron chi connectivity index (χ3n) is 8.59. The van der Waals surface area contributed by atoms with Gasteiger partial charge in [-0.3, -0.25) is 4.79 Å². The van der Waals surface area contributed by atoms with E-state index >= 15 is 0 Å². The van der Waals surface area contributed by atoms with E-state index in [1.165, 1.54) is 23.5 Å². The van der Waals surface area contributed by atoms with Gasteiger partial charge in [0.05, 0.1) is 34.5 Å². The Morgan fingerprint density at radius 1 is 0.932 bits per heavy atom. The Labute approximate surface area is 244 Å². The summed E-state index contributed by atoms with van der Waals surface area (Å²) in [6, 6.07) is 7.30. The number of aryl methyl sites for hydroxylation is 1. The van der Waals surface area contributed by atoms with Crippen LogP contribution in [0.25, 0.3) is 5.52 Å². The van der Waals surface area contributed by atoms with Gasteiger partial charge in [0.15, 0.2) is 9.84 Å². The van der Waals surface area contributed by atoms with E-state index in [2.05, 4.69) is 4.98 Å². The summed E-state index contributed by atoms with van der Waals surface area (Å²) in [6.45, 7) is -0.134. The van der Waals surface area contributed by atoms with Crippen molar-refractivity contribution in [2.75, 3.05) is 6.54 Å². The van der Waals surface area contributed by atoms with Gasteiger partial charge in [-0.2, -0.15) is 26.3 Å². The van der Waals surface area contributed by atoms with Gasteiger partial charge in [-0.05, 0) is 66.8 Å². The first-order valence-electron chi connectivity index (χ1n) is 13.2. The third kappa shape index (κ3) is 4.14. The van der Waals surface area contributed by atoms with E-state index in [-0.39, 0.29) is 47.4 Å². The van der Waals surface area contributed by atoms with Crippen molar-refractivity contribution in [1.82, 2.24) is 14.3 Å². The Bertz CT molecular complexity index is 1870. The van der Waals surface area contributed by atoms with Gasteiger partial charge in [-0.25, -0.2) is 22.2 Å². The van der Waals surface area contributed by atoms with Crippen molar-refractivity contribution in [1.29, 1.82) is 0 Å². The topological polar surface area (TPSA) is 71.8 Å². The minimum absolute atomic E-state index is 0.134. The lowest BCUT2D eigenvalue weighted by molar-refractivity contribution is -0.348. The Balaban J connectivity index is 1.52. The van der Waals surface area contributed by atoms with E-state index in [1.807, 2.05) is 0 Å². The van der Waals surface area contributed by atoms with Gasteiger partial charge in [0, 0.05) is 18.3 Å². The number of amides is 1. The average Bonchev–Trinajstić information content (AvgIpc) is 3.60. The van der Waals surface area contributed by atoms with Crippen LogP contribution in [0, 0.1) is 5.82 Å². The molecule has 0 bridgehead atoms. The highest BCUT2D eigenvalue weighted by Gasteiger charge is 2.73. The van der Waals surface area contributed by atoms with Gasteiger partial charge < -0.3 is 9.30 Å². The number of nitrogens with zero attached hydrogens (tertiary/aromatic N) is 3. The van der Waals surface area contributed by atoms with Crippen LogP contribution in [-0.4, -0.2) is 53.5 Å². The molecule has 44 heavy (non-hydrogen) atoms. The second-order valence-electron chi connectivity index (χ2n) is 10.8. The molecule has 2 aromatic heterocycles. The Morgan fingerprint density at radius 2 is 1.61 bits per heavy atom. The molecule has 3 heterocycles. The summed E-state index contributed by atoms with van der Waals surface area (Å²) in [6.07, 6.45) is -8.90. The fraction of sp³-hybridized carbons (Fsp3) is 0.310. The molecular formula is C29H21F8N3O3S. The van der Waals surface area contributed by atoms with E-state index in [9.17, 15) is 48.3 Å². The van der Waals surface area contributed by atoms with Crippen LogP contribution in [0.4, 0.5) is 35.1 Å². The number of sulfone groups is 1. The van der Waals surface area contributed by atoms with Crippen molar-refractivity contribution in [3.05, 3.63) is 101 Å². The number of hydrogen-bond acceptors (Lipinski definition) is 4. The lowest BCUT2D eigenvalue weighted by Crippen LogP contribution is -2.53. The predicted molar refractivity (Wildman–Crippen MR) is 140 cm³/mol. The van der Waals surface area contributed by atoms with Crippen molar-refractivity contribution in [3.63, 3.8) is 0 Å². The molecule has 4 aromatic rings. The molecule has 6 nitrogen and oxygen atoms in total.